The molecule has 0 spiro atoms. The minimum Gasteiger partial charge on any atom is -0.385 e. The SMILES string of the molecule is Cc1cc(C(O)C(O)C#N)ccc1F. The highest BCUT2D eigenvalue weighted by Gasteiger charge is 2.17. The first-order valence-electron chi connectivity index (χ1n) is 4.08. The normalized spacial score (nSPS) is 14.5. The molecular weight excluding hydrogens is 185 g/mol. The average Bonchev–Trinajstić information content (AvgIpc) is 2.20. The number of halogens is 1. The van der Waals surface area contributed by atoms with E-state index in [0.29, 0.717) is 11.1 Å². The highest BCUT2D eigenvalue weighted by molar-refractivity contribution is 5.27. The lowest BCUT2D eigenvalue weighted by Gasteiger charge is -2.12. The number of hydrogen-bond acceptors (Lipinski definition) is 3. The van der Waals surface area contributed by atoms with E-state index in [0.717, 1.165) is 0 Å². The molecule has 2 N–H and O–H groups in total. The summed E-state index contributed by atoms with van der Waals surface area (Å²) in [5.41, 5.74) is 0.699. The summed E-state index contributed by atoms with van der Waals surface area (Å²) in [5.74, 6) is -0.382. The van der Waals surface area contributed by atoms with Crippen molar-refractivity contribution >= 4 is 0 Å². The fourth-order valence-corrected chi connectivity index (χ4v) is 1.10. The third kappa shape index (κ3) is 2.08. The van der Waals surface area contributed by atoms with Crippen LogP contribution in [-0.2, 0) is 0 Å². The van der Waals surface area contributed by atoms with Gasteiger partial charge in [-0.1, -0.05) is 12.1 Å². The summed E-state index contributed by atoms with van der Waals surface area (Å²) >= 11 is 0. The third-order valence-corrected chi connectivity index (χ3v) is 1.95. The summed E-state index contributed by atoms with van der Waals surface area (Å²) in [6.07, 6.45) is -2.78. The van der Waals surface area contributed by atoms with E-state index in [2.05, 4.69) is 0 Å². The fraction of sp³-hybridized carbons (Fsp3) is 0.300. The first-order valence-corrected chi connectivity index (χ1v) is 4.08. The number of aliphatic hydroxyl groups excluding tert-OH is 2. The maximum absolute atomic E-state index is 12.8. The van der Waals surface area contributed by atoms with Crippen molar-refractivity contribution in [1.29, 1.82) is 5.26 Å². The van der Waals surface area contributed by atoms with Gasteiger partial charge < -0.3 is 10.2 Å². The monoisotopic (exact) mass is 195 g/mol. The van der Waals surface area contributed by atoms with Gasteiger partial charge in [0.2, 0.25) is 0 Å². The maximum Gasteiger partial charge on any atom is 0.170 e. The van der Waals surface area contributed by atoms with Crippen molar-refractivity contribution in [1.82, 2.24) is 0 Å². The zero-order valence-corrected chi connectivity index (χ0v) is 7.61. The minimum absolute atomic E-state index is 0.331. The van der Waals surface area contributed by atoms with Crippen LogP contribution in [0.15, 0.2) is 18.2 Å². The van der Waals surface area contributed by atoms with Crippen LogP contribution >= 0.6 is 0 Å². The van der Waals surface area contributed by atoms with Crippen LogP contribution in [0.2, 0.25) is 0 Å². The first-order chi connectivity index (χ1) is 6.56. The van der Waals surface area contributed by atoms with Crippen LogP contribution in [0, 0.1) is 24.1 Å². The van der Waals surface area contributed by atoms with Crippen LogP contribution < -0.4 is 0 Å². The Kier molecular flexibility index (Phi) is 3.18. The molecule has 0 aliphatic carbocycles. The molecule has 2 unspecified atom stereocenters. The molecule has 1 aromatic rings. The smallest absolute Gasteiger partial charge is 0.170 e. The molecule has 0 aliphatic heterocycles. The van der Waals surface area contributed by atoms with Gasteiger partial charge in [-0.3, -0.25) is 0 Å². The van der Waals surface area contributed by atoms with E-state index < -0.39 is 12.2 Å². The lowest BCUT2D eigenvalue weighted by molar-refractivity contribution is 0.0527. The largest absolute Gasteiger partial charge is 0.385 e. The van der Waals surface area contributed by atoms with Gasteiger partial charge in [-0.05, 0) is 24.1 Å². The number of nitriles is 1. The van der Waals surface area contributed by atoms with Crippen molar-refractivity contribution in [3.63, 3.8) is 0 Å². The molecule has 3 nitrogen and oxygen atoms in total. The summed E-state index contributed by atoms with van der Waals surface area (Å²) in [4.78, 5) is 0. The summed E-state index contributed by atoms with van der Waals surface area (Å²) in [7, 11) is 0. The Morgan fingerprint density at radius 3 is 2.57 bits per heavy atom. The van der Waals surface area contributed by atoms with Gasteiger partial charge in [0, 0.05) is 0 Å². The van der Waals surface area contributed by atoms with Crippen LogP contribution in [0.5, 0.6) is 0 Å². The highest BCUT2D eigenvalue weighted by atomic mass is 19.1. The van der Waals surface area contributed by atoms with Crippen molar-refractivity contribution in [2.24, 2.45) is 0 Å². The van der Waals surface area contributed by atoms with E-state index in [4.69, 9.17) is 10.4 Å². The summed E-state index contributed by atoms with van der Waals surface area (Å²) in [5, 5.41) is 26.8. The molecule has 0 amide bonds. The van der Waals surface area contributed by atoms with Crippen LogP contribution in [-0.4, -0.2) is 16.3 Å². The van der Waals surface area contributed by atoms with Crippen LogP contribution in [0.4, 0.5) is 4.39 Å². The quantitative estimate of drug-likeness (QED) is 0.693. The molecule has 2 atom stereocenters. The summed E-state index contributed by atoms with van der Waals surface area (Å²) < 4.78 is 12.8. The van der Waals surface area contributed by atoms with Gasteiger partial charge in [0.25, 0.3) is 0 Å². The fourth-order valence-electron chi connectivity index (χ4n) is 1.10. The summed E-state index contributed by atoms with van der Waals surface area (Å²) in [6.45, 7) is 1.55. The number of nitrogens with zero attached hydrogens (tertiary/aromatic N) is 1. The van der Waals surface area contributed by atoms with Gasteiger partial charge in [-0.25, -0.2) is 4.39 Å². The topological polar surface area (TPSA) is 64.2 Å². The van der Waals surface area contributed by atoms with Gasteiger partial charge in [-0.15, -0.1) is 0 Å². The van der Waals surface area contributed by atoms with Crippen molar-refractivity contribution in [3.05, 3.63) is 35.1 Å². The molecule has 1 rings (SSSR count). The molecule has 1 aromatic carbocycles. The molecule has 0 bridgehead atoms. The molecule has 0 fully saturated rings. The Labute approximate surface area is 81.0 Å². The van der Waals surface area contributed by atoms with E-state index >= 15 is 0 Å². The van der Waals surface area contributed by atoms with Gasteiger partial charge in [0.1, 0.15) is 11.9 Å². The van der Waals surface area contributed by atoms with Gasteiger partial charge in [0.05, 0.1) is 6.07 Å². The zero-order chi connectivity index (χ0) is 10.7. The predicted octanol–water partition coefficient (Wildman–Crippen LogP) is 1.05. The third-order valence-electron chi connectivity index (χ3n) is 1.95. The number of aliphatic hydroxyl groups is 2. The Morgan fingerprint density at radius 1 is 1.43 bits per heavy atom. The van der Waals surface area contributed by atoms with Crippen molar-refractivity contribution in [2.45, 2.75) is 19.1 Å². The standard InChI is InChI=1S/C10H10FNO2/c1-6-4-7(2-3-8(6)11)10(14)9(13)5-12/h2-4,9-10,13-14H,1H3. The van der Waals surface area contributed by atoms with Gasteiger partial charge in [0.15, 0.2) is 6.10 Å². The lowest BCUT2D eigenvalue weighted by atomic mass is 10.0. The molecule has 74 valence electrons. The molecule has 0 radical (unpaired) electrons. The van der Waals surface area contributed by atoms with Gasteiger partial charge >= 0.3 is 0 Å². The van der Waals surface area contributed by atoms with Crippen molar-refractivity contribution in [2.75, 3.05) is 0 Å². The van der Waals surface area contributed by atoms with Crippen molar-refractivity contribution < 1.29 is 14.6 Å². The van der Waals surface area contributed by atoms with E-state index in [1.54, 1.807) is 6.92 Å². The number of rotatable bonds is 2. The molecule has 0 heterocycles. The average molecular weight is 195 g/mol. The Morgan fingerprint density at radius 2 is 2.07 bits per heavy atom. The summed E-state index contributed by atoms with van der Waals surface area (Å²) in [6, 6.07) is 5.45. The molecule has 0 saturated carbocycles. The molecule has 14 heavy (non-hydrogen) atoms. The number of aryl methyl sites for hydroxylation is 1. The van der Waals surface area contributed by atoms with Crippen LogP contribution in [0.1, 0.15) is 17.2 Å². The second-order valence-electron chi connectivity index (χ2n) is 3.03. The minimum atomic E-state index is -1.49. The lowest BCUT2D eigenvalue weighted by Crippen LogP contribution is -2.15. The van der Waals surface area contributed by atoms with E-state index in [1.165, 1.54) is 24.3 Å². The predicted molar refractivity (Wildman–Crippen MR) is 47.7 cm³/mol. The molecule has 0 saturated heterocycles. The Balaban J connectivity index is 2.98. The maximum atomic E-state index is 12.8. The highest BCUT2D eigenvalue weighted by Crippen LogP contribution is 2.19. The molecule has 4 heteroatoms. The van der Waals surface area contributed by atoms with Gasteiger partial charge in [-0.2, -0.15) is 5.26 Å². The molecule has 0 aliphatic rings. The first kappa shape index (κ1) is 10.6. The zero-order valence-electron chi connectivity index (χ0n) is 7.61. The van der Waals surface area contributed by atoms with Crippen LogP contribution in [0.25, 0.3) is 0 Å². The van der Waals surface area contributed by atoms with E-state index in [9.17, 15) is 9.50 Å². The number of benzene rings is 1. The van der Waals surface area contributed by atoms with E-state index in [1.807, 2.05) is 0 Å². The number of hydrogen-bond donors (Lipinski definition) is 2. The second-order valence-corrected chi connectivity index (χ2v) is 3.03. The van der Waals surface area contributed by atoms with Crippen LogP contribution in [0.3, 0.4) is 0 Å². The Bertz CT molecular complexity index is 373. The molecular formula is C10H10FNO2. The Hall–Kier alpha value is -1.44. The van der Waals surface area contributed by atoms with Crippen molar-refractivity contribution in [3.8, 4) is 6.07 Å². The molecule has 0 aromatic heterocycles. The second kappa shape index (κ2) is 4.18. The van der Waals surface area contributed by atoms with E-state index in [-0.39, 0.29) is 5.82 Å².